The van der Waals surface area contributed by atoms with Crippen LogP contribution in [0.25, 0.3) is 10.9 Å². The van der Waals surface area contributed by atoms with E-state index in [0.29, 0.717) is 18.0 Å². The first-order chi connectivity index (χ1) is 12.0. The Labute approximate surface area is 154 Å². The molecule has 0 radical (unpaired) electrons. The van der Waals surface area contributed by atoms with Gasteiger partial charge in [0.2, 0.25) is 11.7 Å². The Morgan fingerprint density at radius 1 is 1.32 bits per heavy atom. The molecule has 0 saturated carbocycles. The summed E-state index contributed by atoms with van der Waals surface area (Å²) in [4.78, 5) is 21.0. The zero-order chi connectivity index (χ0) is 18.0. The number of fused-ring (bicyclic) bond motifs is 1. The van der Waals surface area contributed by atoms with Crippen molar-refractivity contribution in [3.8, 4) is 5.88 Å². The molecule has 0 aliphatic heterocycles. The van der Waals surface area contributed by atoms with Gasteiger partial charge in [-0.15, -0.1) is 6.58 Å². The number of aromatic nitrogens is 3. The molecule has 0 spiro atoms. The van der Waals surface area contributed by atoms with Crippen LogP contribution < -0.4 is 4.74 Å². The van der Waals surface area contributed by atoms with Crippen LogP contribution in [-0.2, 0) is 6.54 Å². The number of rotatable bonds is 6. The Morgan fingerprint density at radius 3 is 2.88 bits per heavy atom. The zero-order valence-electron chi connectivity index (χ0n) is 14.1. The second-order valence-electron chi connectivity index (χ2n) is 5.74. The van der Waals surface area contributed by atoms with E-state index in [4.69, 9.17) is 4.74 Å². The summed E-state index contributed by atoms with van der Waals surface area (Å²) in [6.45, 7) is 8.27. The first kappa shape index (κ1) is 17.4. The number of aryl methyl sites for hydroxylation is 1. The molecule has 6 heteroatoms. The average molecular weight is 400 g/mol. The van der Waals surface area contributed by atoms with Crippen molar-refractivity contribution in [2.45, 2.75) is 20.4 Å². The molecule has 128 valence electrons. The molecule has 0 atom stereocenters. The Morgan fingerprint density at radius 2 is 2.12 bits per heavy atom. The summed E-state index contributed by atoms with van der Waals surface area (Å²) in [6, 6.07) is 7.54. The number of benzene rings is 1. The van der Waals surface area contributed by atoms with E-state index in [0.717, 1.165) is 26.8 Å². The number of halogens is 1. The van der Waals surface area contributed by atoms with E-state index in [-0.39, 0.29) is 12.4 Å². The van der Waals surface area contributed by atoms with E-state index in [9.17, 15) is 4.79 Å². The topological polar surface area (TPSA) is 57.0 Å². The molecular formula is C19H18BrN3O2. The van der Waals surface area contributed by atoms with Crippen LogP contribution in [0.2, 0.25) is 0 Å². The summed E-state index contributed by atoms with van der Waals surface area (Å²) in [5.41, 5.74) is 3.38. The number of Topliss-reactive ketones (excluding diaryl/α,β-unsaturated/α-hetero) is 1. The third-order valence-corrected chi connectivity index (χ3v) is 4.58. The maximum atomic E-state index is 12.6. The fourth-order valence-corrected chi connectivity index (χ4v) is 3.19. The van der Waals surface area contributed by atoms with E-state index in [1.54, 1.807) is 0 Å². The highest BCUT2D eigenvalue weighted by Gasteiger charge is 2.16. The fourth-order valence-electron chi connectivity index (χ4n) is 2.83. The van der Waals surface area contributed by atoms with Gasteiger partial charge in [0.1, 0.15) is 6.33 Å². The van der Waals surface area contributed by atoms with Gasteiger partial charge in [0, 0.05) is 28.0 Å². The monoisotopic (exact) mass is 399 g/mol. The van der Waals surface area contributed by atoms with E-state index in [1.807, 2.05) is 44.2 Å². The van der Waals surface area contributed by atoms with E-state index in [1.165, 1.54) is 6.33 Å². The third kappa shape index (κ3) is 3.49. The van der Waals surface area contributed by atoms with Gasteiger partial charge < -0.3 is 9.30 Å². The Balaban J connectivity index is 1.83. The number of ether oxygens (including phenoxy) is 1. The molecule has 2 heterocycles. The molecule has 0 bridgehead atoms. The Kier molecular flexibility index (Phi) is 4.99. The summed E-state index contributed by atoms with van der Waals surface area (Å²) < 4.78 is 8.66. The molecule has 0 amide bonds. The van der Waals surface area contributed by atoms with Crippen LogP contribution in [0.1, 0.15) is 21.7 Å². The lowest BCUT2D eigenvalue weighted by atomic mass is 10.1. The molecule has 0 fully saturated rings. The molecule has 5 nitrogen and oxygen atoms in total. The minimum Gasteiger partial charge on any atom is -0.469 e. The van der Waals surface area contributed by atoms with Crippen LogP contribution in [0.5, 0.6) is 5.88 Å². The molecule has 0 N–H and O–H groups in total. The number of carbonyl (C=O) groups is 1. The summed E-state index contributed by atoms with van der Waals surface area (Å²) in [5.74, 6) is 0.324. The molecule has 2 aromatic heterocycles. The predicted octanol–water partition coefficient (Wildman–Crippen LogP) is 4.26. The standard InChI is InChI=1S/C19H18BrN3O2/c1-4-7-23-12(2)8-15(13(23)3)18(24)10-25-19-16-9-14(20)5-6-17(16)21-11-22-19/h4-6,8-9,11H,1,7,10H2,2-3H3. The summed E-state index contributed by atoms with van der Waals surface area (Å²) in [7, 11) is 0. The molecular weight excluding hydrogens is 382 g/mol. The number of hydrogen-bond donors (Lipinski definition) is 0. The Hall–Kier alpha value is -2.47. The van der Waals surface area contributed by atoms with Gasteiger partial charge in [0.25, 0.3) is 0 Å². The number of carbonyl (C=O) groups excluding carboxylic acids is 1. The fraction of sp³-hybridized carbons (Fsp3) is 0.211. The summed E-state index contributed by atoms with van der Waals surface area (Å²) in [5, 5.41) is 0.766. The average Bonchev–Trinajstić information content (AvgIpc) is 2.88. The lowest BCUT2D eigenvalue weighted by Crippen LogP contribution is -2.13. The number of ketones is 1. The molecule has 0 unspecified atom stereocenters. The van der Waals surface area contributed by atoms with Crippen LogP contribution in [0.3, 0.4) is 0 Å². The van der Waals surface area contributed by atoms with Crippen molar-refractivity contribution in [1.82, 2.24) is 14.5 Å². The smallest absolute Gasteiger partial charge is 0.224 e. The van der Waals surface area contributed by atoms with Gasteiger partial charge in [-0.25, -0.2) is 9.97 Å². The first-order valence-corrected chi connectivity index (χ1v) is 8.64. The molecule has 3 aromatic rings. The highest BCUT2D eigenvalue weighted by molar-refractivity contribution is 9.10. The highest BCUT2D eigenvalue weighted by Crippen LogP contribution is 2.25. The van der Waals surface area contributed by atoms with E-state index in [2.05, 4.69) is 37.0 Å². The van der Waals surface area contributed by atoms with E-state index < -0.39 is 0 Å². The largest absolute Gasteiger partial charge is 0.469 e. The zero-order valence-corrected chi connectivity index (χ0v) is 15.7. The lowest BCUT2D eigenvalue weighted by Gasteiger charge is -2.08. The highest BCUT2D eigenvalue weighted by atomic mass is 79.9. The quantitative estimate of drug-likeness (QED) is 0.458. The first-order valence-electron chi connectivity index (χ1n) is 7.85. The predicted molar refractivity (Wildman–Crippen MR) is 101 cm³/mol. The summed E-state index contributed by atoms with van der Waals surface area (Å²) in [6.07, 6.45) is 3.25. The van der Waals surface area contributed by atoms with Gasteiger partial charge in [-0.1, -0.05) is 22.0 Å². The number of allylic oxidation sites excluding steroid dienone is 1. The second kappa shape index (κ2) is 7.19. The number of nitrogens with zero attached hydrogens (tertiary/aromatic N) is 3. The van der Waals surface area contributed by atoms with Gasteiger partial charge in [-0.3, -0.25) is 4.79 Å². The lowest BCUT2D eigenvalue weighted by molar-refractivity contribution is 0.0918. The normalized spacial score (nSPS) is 10.8. The van der Waals surface area contributed by atoms with Gasteiger partial charge >= 0.3 is 0 Å². The minimum absolute atomic E-state index is 0.0724. The van der Waals surface area contributed by atoms with Crippen molar-refractivity contribution < 1.29 is 9.53 Å². The van der Waals surface area contributed by atoms with Crippen molar-refractivity contribution >= 4 is 32.6 Å². The summed E-state index contributed by atoms with van der Waals surface area (Å²) >= 11 is 3.43. The molecule has 25 heavy (non-hydrogen) atoms. The molecule has 0 aliphatic rings. The van der Waals surface area contributed by atoms with Crippen LogP contribution >= 0.6 is 15.9 Å². The van der Waals surface area contributed by atoms with Crippen LogP contribution in [0.4, 0.5) is 0 Å². The number of hydrogen-bond acceptors (Lipinski definition) is 4. The Bertz CT molecular complexity index is 963. The second-order valence-corrected chi connectivity index (χ2v) is 6.65. The molecule has 0 saturated heterocycles. The molecule has 0 aliphatic carbocycles. The van der Waals surface area contributed by atoms with Crippen LogP contribution in [-0.4, -0.2) is 26.9 Å². The van der Waals surface area contributed by atoms with Crippen molar-refractivity contribution in [2.24, 2.45) is 0 Å². The van der Waals surface area contributed by atoms with Crippen molar-refractivity contribution in [1.29, 1.82) is 0 Å². The van der Waals surface area contributed by atoms with E-state index >= 15 is 0 Å². The van der Waals surface area contributed by atoms with Crippen molar-refractivity contribution in [2.75, 3.05) is 6.61 Å². The minimum atomic E-state index is -0.0785. The van der Waals surface area contributed by atoms with Gasteiger partial charge in [-0.05, 0) is 38.1 Å². The van der Waals surface area contributed by atoms with Crippen molar-refractivity contribution in [3.63, 3.8) is 0 Å². The van der Waals surface area contributed by atoms with Gasteiger partial charge in [0.15, 0.2) is 6.61 Å². The van der Waals surface area contributed by atoms with Crippen LogP contribution in [0.15, 0.2) is 47.7 Å². The SMILES string of the molecule is C=CCn1c(C)cc(C(=O)COc2ncnc3ccc(Br)cc23)c1C. The van der Waals surface area contributed by atoms with Gasteiger partial charge in [0.05, 0.1) is 10.9 Å². The maximum absolute atomic E-state index is 12.6. The molecule has 3 rings (SSSR count). The van der Waals surface area contributed by atoms with Gasteiger partial charge in [-0.2, -0.15) is 0 Å². The third-order valence-electron chi connectivity index (χ3n) is 4.09. The molecule has 1 aromatic carbocycles. The van der Waals surface area contributed by atoms with Crippen molar-refractivity contribution in [3.05, 3.63) is 64.7 Å². The van der Waals surface area contributed by atoms with Crippen LogP contribution in [0, 0.1) is 13.8 Å². The maximum Gasteiger partial charge on any atom is 0.224 e.